The van der Waals surface area contributed by atoms with Crippen LogP contribution in [-0.2, 0) is 6.54 Å². The molecular formula is C27H29N5O2. The second-order valence-corrected chi connectivity index (χ2v) is 9.34. The Bertz CT molecular complexity index is 1280. The summed E-state index contributed by atoms with van der Waals surface area (Å²) in [5.41, 5.74) is 3.16. The zero-order valence-corrected chi connectivity index (χ0v) is 19.3. The van der Waals surface area contributed by atoms with E-state index in [4.69, 9.17) is 9.40 Å². The van der Waals surface area contributed by atoms with E-state index in [9.17, 15) is 4.79 Å². The number of likely N-dealkylation sites (tertiary alicyclic amines) is 2. The van der Waals surface area contributed by atoms with Crippen molar-refractivity contribution in [2.75, 3.05) is 26.2 Å². The van der Waals surface area contributed by atoms with Crippen LogP contribution >= 0.6 is 0 Å². The number of benzene rings is 1. The Morgan fingerprint density at radius 3 is 2.68 bits per heavy atom. The first-order valence-corrected chi connectivity index (χ1v) is 12.2. The van der Waals surface area contributed by atoms with Crippen LogP contribution in [-0.4, -0.2) is 62.7 Å². The van der Waals surface area contributed by atoms with E-state index in [1.165, 1.54) is 12.8 Å². The second kappa shape index (κ2) is 9.06. The Labute approximate surface area is 199 Å². The summed E-state index contributed by atoms with van der Waals surface area (Å²) < 4.78 is 7.36. The van der Waals surface area contributed by atoms with Crippen LogP contribution in [0.1, 0.15) is 41.8 Å². The van der Waals surface area contributed by atoms with E-state index in [1.807, 2.05) is 53.2 Å². The fraction of sp³-hybridized carbons (Fsp3) is 0.370. The molecule has 0 spiro atoms. The highest BCUT2D eigenvalue weighted by Crippen LogP contribution is 2.29. The Balaban J connectivity index is 1.40. The largest absolute Gasteiger partial charge is 0.467 e. The molecule has 1 unspecified atom stereocenters. The third-order valence-electron chi connectivity index (χ3n) is 7.10. The molecule has 0 N–H and O–H groups in total. The molecule has 2 fully saturated rings. The molecule has 7 heteroatoms. The van der Waals surface area contributed by atoms with E-state index >= 15 is 0 Å². The summed E-state index contributed by atoms with van der Waals surface area (Å²) in [5, 5.41) is 5.39. The maximum Gasteiger partial charge on any atom is 0.255 e. The topological polar surface area (TPSA) is 67.4 Å². The third kappa shape index (κ3) is 4.01. The van der Waals surface area contributed by atoms with Gasteiger partial charge in [0.15, 0.2) is 5.65 Å². The van der Waals surface area contributed by atoms with Crippen LogP contribution < -0.4 is 0 Å². The lowest BCUT2D eigenvalue weighted by atomic mass is 10.1. The molecular weight excluding hydrogens is 426 g/mol. The van der Waals surface area contributed by atoms with Gasteiger partial charge in [-0.25, -0.2) is 9.67 Å². The van der Waals surface area contributed by atoms with Crippen molar-refractivity contribution >= 4 is 16.9 Å². The van der Waals surface area contributed by atoms with Crippen LogP contribution in [0.3, 0.4) is 0 Å². The number of rotatable bonds is 6. The molecule has 6 rings (SSSR count). The first kappa shape index (κ1) is 21.1. The number of nitrogens with zero attached hydrogens (tertiary/aromatic N) is 5. The van der Waals surface area contributed by atoms with E-state index in [0.717, 1.165) is 61.4 Å². The normalized spacial score (nSPS) is 18.8. The van der Waals surface area contributed by atoms with Crippen molar-refractivity contribution in [1.29, 1.82) is 0 Å². The number of aromatic nitrogens is 3. The quantitative estimate of drug-likeness (QED) is 0.430. The number of furan rings is 1. The van der Waals surface area contributed by atoms with Crippen LogP contribution in [0.15, 0.2) is 65.4 Å². The van der Waals surface area contributed by atoms with Gasteiger partial charge in [0.1, 0.15) is 12.3 Å². The van der Waals surface area contributed by atoms with Crippen molar-refractivity contribution in [3.8, 4) is 11.3 Å². The first-order valence-electron chi connectivity index (χ1n) is 12.2. The lowest BCUT2D eigenvalue weighted by Crippen LogP contribution is -2.42. The molecule has 0 radical (unpaired) electrons. The Hall–Kier alpha value is -3.45. The van der Waals surface area contributed by atoms with Gasteiger partial charge in [0.2, 0.25) is 0 Å². The van der Waals surface area contributed by atoms with Crippen LogP contribution in [0.2, 0.25) is 0 Å². The highest BCUT2D eigenvalue weighted by atomic mass is 16.3. The molecule has 2 aliphatic heterocycles. The van der Waals surface area contributed by atoms with Gasteiger partial charge in [-0.2, -0.15) is 5.10 Å². The highest BCUT2D eigenvalue weighted by Gasteiger charge is 2.33. The van der Waals surface area contributed by atoms with Crippen LogP contribution in [0.5, 0.6) is 0 Å². The van der Waals surface area contributed by atoms with E-state index in [0.29, 0.717) is 17.8 Å². The van der Waals surface area contributed by atoms with Crippen molar-refractivity contribution in [2.45, 2.75) is 38.3 Å². The third-order valence-corrected chi connectivity index (χ3v) is 7.10. The van der Waals surface area contributed by atoms with Gasteiger partial charge in [0.25, 0.3) is 5.91 Å². The molecule has 1 amide bonds. The minimum absolute atomic E-state index is 0.0869. The van der Waals surface area contributed by atoms with Crippen LogP contribution in [0, 0.1) is 0 Å². The number of hydrogen-bond acceptors (Lipinski definition) is 5. The predicted molar refractivity (Wildman–Crippen MR) is 131 cm³/mol. The van der Waals surface area contributed by atoms with Gasteiger partial charge in [0, 0.05) is 24.7 Å². The van der Waals surface area contributed by atoms with Crippen LogP contribution in [0.4, 0.5) is 0 Å². The summed E-state index contributed by atoms with van der Waals surface area (Å²) in [4.78, 5) is 23.5. The second-order valence-electron chi connectivity index (χ2n) is 9.34. The average Bonchev–Trinajstić information content (AvgIpc) is 3.68. The lowest BCUT2D eigenvalue weighted by molar-refractivity contribution is 0.0710. The monoisotopic (exact) mass is 455 g/mol. The number of fused-ring (bicyclic) bond motifs is 1. The first-order chi connectivity index (χ1) is 16.8. The van der Waals surface area contributed by atoms with Gasteiger partial charge in [-0.15, -0.1) is 0 Å². The van der Waals surface area contributed by atoms with E-state index in [-0.39, 0.29) is 11.9 Å². The summed E-state index contributed by atoms with van der Waals surface area (Å²) in [5.74, 6) is 0.888. The number of pyridine rings is 1. The zero-order valence-electron chi connectivity index (χ0n) is 19.3. The molecule has 1 atom stereocenters. The van der Waals surface area contributed by atoms with Crippen molar-refractivity contribution in [3.63, 3.8) is 0 Å². The van der Waals surface area contributed by atoms with Gasteiger partial charge in [-0.1, -0.05) is 30.3 Å². The van der Waals surface area contributed by atoms with Gasteiger partial charge in [-0.05, 0) is 57.0 Å². The molecule has 2 aliphatic rings. The SMILES string of the molecule is O=C(c1cc(-c2ccccc2)nc2c1cnn2Cc1ccco1)N1CCCC1CN1CCCC1. The van der Waals surface area contributed by atoms with Crippen molar-refractivity contribution in [2.24, 2.45) is 0 Å². The number of carbonyl (C=O) groups is 1. The van der Waals surface area contributed by atoms with Crippen molar-refractivity contribution in [1.82, 2.24) is 24.6 Å². The summed E-state index contributed by atoms with van der Waals surface area (Å²) in [6.45, 7) is 4.55. The summed E-state index contributed by atoms with van der Waals surface area (Å²) in [6.07, 6.45) is 8.09. The molecule has 4 aromatic rings. The molecule has 2 saturated heterocycles. The fourth-order valence-electron chi connectivity index (χ4n) is 5.36. The van der Waals surface area contributed by atoms with Crippen molar-refractivity contribution in [3.05, 3.63) is 72.3 Å². The minimum Gasteiger partial charge on any atom is -0.467 e. The maximum atomic E-state index is 14.0. The number of amides is 1. The molecule has 34 heavy (non-hydrogen) atoms. The molecule has 1 aromatic carbocycles. The molecule has 7 nitrogen and oxygen atoms in total. The Kier molecular flexibility index (Phi) is 5.63. The molecule has 0 saturated carbocycles. The van der Waals surface area contributed by atoms with E-state index in [1.54, 1.807) is 12.5 Å². The van der Waals surface area contributed by atoms with Gasteiger partial charge < -0.3 is 14.2 Å². The number of hydrogen-bond donors (Lipinski definition) is 0. The predicted octanol–water partition coefficient (Wildman–Crippen LogP) is 4.44. The van der Waals surface area contributed by atoms with E-state index in [2.05, 4.69) is 14.9 Å². The standard InChI is InChI=1S/C27H29N5O2/c33-27(31-14-6-10-21(31)18-30-12-4-5-13-30)23-16-25(20-8-2-1-3-9-20)29-26-24(23)17-28-32(26)19-22-11-7-15-34-22/h1-3,7-9,11,15-17,21H,4-6,10,12-14,18-19H2. The Morgan fingerprint density at radius 1 is 1.03 bits per heavy atom. The van der Waals surface area contributed by atoms with Gasteiger partial charge in [0.05, 0.1) is 29.1 Å². The van der Waals surface area contributed by atoms with Gasteiger partial charge >= 0.3 is 0 Å². The van der Waals surface area contributed by atoms with Gasteiger partial charge in [-0.3, -0.25) is 4.79 Å². The average molecular weight is 456 g/mol. The molecule has 0 bridgehead atoms. The zero-order chi connectivity index (χ0) is 22.9. The summed E-state index contributed by atoms with van der Waals surface area (Å²) >= 11 is 0. The maximum absolute atomic E-state index is 14.0. The van der Waals surface area contributed by atoms with Crippen LogP contribution in [0.25, 0.3) is 22.3 Å². The smallest absolute Gasteiger partial charge is 0.255 e. The molecule has 174 valence electrons. The minimum atomic E-state index is 0.0869. The molecule has 0 aliphatic carbocycles. The highest BCUT2D eigenvalue weighted by molar-refractivity contribution is 6.06. The molecule has 3 aromatic heterocycles. The van der Waals surface area contributed by atoms with Crippen molar-refractivity contribution < 1.29 is 9.21 Å². The fourth-order valence-corrected chi connectivity index (χ4v) is 5.36. The van der Waals surface area contributed by atoms with E-state index < -0.39 is 0 Å². The summed E-state index contributed by atoms with van der Waals surface area (Å²) in [7, 11) is 0. The lowest BCUT2D eigenvalue weighted by Gasteiger charge is -2.29. The summed E-state index contributed by atoms with van der Waals surface area (Å²) in [6, 6.07) is 16.0. The number of carbonyl (C=O) groups excluding carboxylic acids is 1. The Morgan fingerprint density at radius 2 is 1.88 bits per heavy atom. The molecule has 5 heterocycles.